The molecule has 1 aromatic heterocycles. The number of fused-ring (bicyclic) bond motifs is 1. The summed E-state index contributed by atoms with van der Waals surface area (Å²) in [4.78, 5) is 34.8. The van der Waals surface area contributed by atoms with Gasteiger partial charge in [-0.1, -0.05) is 0 Å². The molecule has 1 saturated heterocycles. The Hall–Kier alpha value is -4.19. The molecular formula is C23H21N5O6S. The number of nitrogens with zero attached hydrogens (tertiary/aromatic N) is 3. The molecule has 5 rings (SSSR count). The zero-order chi connectivity index (χ0) is 24.6. The van der Waals surface area contributed by atoms with Crippen molar-refractivity contribution in [1.29, 1.82) is 0 Å². The van der Waals surface area contributed by atoms with Crippen LogP contribution in [-0.2, 0) is 19.6 Å². The van der Waals surface area contributed by atoms with E-state index in [-0.39, 0.29) is 42.4 Å². The normalized spacial score (nSPS) is 16.9. The van der Waals surface area contributed by atoms with Crippen LogP contribution in [0.2, 0.25) is 0 Å². The molecule has 35 heavy (non-hydrogen) atoms. The highest BCUT2D eigenvalue weighted by atomic mass is 32.2. The lowest BCUT2D eigenvalue weighted by atomic mass is 10.1. The summed E-state index contributed by atoms with van der Waals surface area (Å²) in [5, 5.41) is 2.75. The molecule has 2 N–H and O–H groups in total. The van der Waals surface area contributed by atoms with Crippen molar-refractivity contribution in [2.24, 2.45) is 5.92 Å². The number of amides is 2. The Morgan fingerprint density at radius 2 is 1.86 bits per heavy atom. The molecule has 2 amide bonds. The first-order valence-electron chi connectivity index (χ1n) is 10.7. The SMILES string of the molecule is Cc1ccnc(NS(=O)(=O)c2ccc(NC(=O)C3CC(=O)N(c4ccc5c(c4)OCO5)C3)cc2)n1. The van der Waals surface area contributed by atoms with Crippen molar-refractivity contribution < 1.29 is 27.5 Å². The molecule has 12 heteroatoms. The lowest BCUT2D eigenvalue weighted by Gasteiger charge is -2.17. The van der Waals surface area contributed by atoms with Crippen LogP contribution in [0.3, 0.4) is 0 Å². The number of anilines is 3. The van der Waals surface area contributed by atoms with Crippen molar-refractivity contribution in [3.63, 3.8) is 0 Å². The van der Waals surface area contributed by atoms with Crippen LogP contribution in [0.5, 0.6) is 11.5 Å². The molecule has 1 fully saturated rings. The number of sulfonamides is 1. The maximum absolute atomic E-state index is 12.8. The standard InChI is InChI=1S/C23H21N5O6S/c1-14-8-9-24-23(25-14)27-35(31,32)18-5-2-16(3-6-18)26-22(30)15-10-21(29)28(12-15)17-4-7-19-20(11-17)34-13-33-19/h2-9,11,15H,10,12-13H2,1H3,(H,26,30)(H,24,25,27). The summed E-state index contributed by atoms with van der Waals surface area (Å²) in [5.74, 6) is 0.0820. The third kappa shape index (κ3) is 4.73. The van der Waals surface area contributed by atoms with Crippen LogP contribution in [0.15, 0.2) is 59.6 Å². The smallest absolute Gasteiger partial charge is 0.264 e. The number of benzene rings is 2. The van der Waals surface area contributed by atoms with Crippen LogP contribution in [0, 0.1) is 12.8 Å². The van der Waals surface area contributed by atoms with Crippen molar-refractivity contribution in [2.75, 3.05) is 28.3 Å². The molecule has 3 heterocycles. The van der Waals surface area contributed by atoms with E-state index in [4.69, 9.17) is 9.47 Å². The number of aromatic nitrogens is 2. The van der Waals surface area contributed by atoms with E-state index in [0.29, 0.717) is 28.6 Å². The predicted molar refractivity (Wildman–Crippen MR) is 126 cm³/mol. The van der Waals surface area contributed by atoms with Gasteiger partial charge in [-0.05, 0) is 49.4 Å². The molecule has 2 aromatic carbocycles. The second kappa shape index (κ2) is 8.87. The van der Waals surface area contributed by atoms with Crippen LogP contribution in [0.25, 0.3) is 0 Å². The Bertz CT molecular complexity index is 1410. The van der Waals surface area contributed by atoms with Crippen LogP contribution in [0.1, 0.15) is 12.1 Å². The topological polar surface area (TPSA) is 140 Å². The Morgan fingerprint density at radius 1 is 1.09 bits per heavy atom. The average molecular weight is 496 g/mol. The minimum absolute atomic E-state index is 0.00867. The zero-order valence-electron chi connectivity index (χ0n) is 18.6. The fourth-order valence-corrected chi connectivity index (χ4v) is 4.78. The van der Waals surface area contributed by atoms with E-state index in [1.165, 1.54) is 30.5 Å². The van der Waals surface area contributed by atoms with Gasteiger partial charge in [0.05, 0.1) is 10.8 Å². The van der Waals surface area contributed by atoms with Crippen LogP contribution in [0.4, 0.5) is 17.3 Å². The van der Waals surface area contributed by atoms with Gasteiger partial charge >= 0.3 is 0 Å². The third-order valence-electron chi connectivity index (χ3n) is 5.62. The molecule has 2 aliphatic rings. The molecule has 0 saturated carbocycles. The van der Waals surface area contributed by atoms with Gasteiger partial charge in [0.2, 0.25) is 24.6 Å². The fourth-order valence-electron chi connectivity index (χ4n) is 3.82. The quantitative estimate of drug-likeness (QED) is 0.531. The maximum atomic E-state index is 12.8. The van der Waals surface area contributed by atoms with Crippen molar-refractivity contribution in [3.05, 3.63) is 60.4 Å². The van der Waals surface area contributed by atoms with Gasteiger partial charge in [-0.25, -0.2) is 23.1 Å². The highest BCUT2D eigenvalue weighted by Crippen LogP contribution is 2.37. The number of carbonyl (C=O) groups is 2. The fraction of sp³-hybridized carbons (Fsp3) is 0.217. The summed E-state index contributed by atoms with van der Waals surface area (Å²) >= 11 is 0. The highest BCUT2D eigenvalue weighted by Gasteiger charge is 2.35. The summed E-state index contributed by atoms with van der Waals surface area (Å²) in [6.45, 7) is 2.08. The maximum Gasteiger partial charge on any atom is 0.264 e. The van der Waals surface area contributed by atoms with Gasteiger partial charge in [0.25, 0.3) is 10.0 Å². The molecule has 1 atom stereocenters. The van der Waals surface area contributed by atoms with E-state index in [2.05, 4.69) is 20.0 Å². The Labute approximate surface area is 201 Å². The molecule has 0 spiro atoms. The Morgan fingerprint density at radius 3 is 2.63 bits per heavy atom. The third-order valence-corrected chi connectivity index (χ3v) is 6.96. The molecule has 0 bridgehead atoms. The first-order chi connectivity index (χ1) is 16.8. The van der Waals surface area contributed by atoms with Gasteiger partial charge in [-0.3, -0.25) is 9.59 Å². The summed E-state index contributed by atoms with van der Waals surface area (Å²) in [7, 11) is -3.90. The van der Waals surface area contributed by atoms with Crippen molar-refractivity contribution in [3.8, 4) is 11.5 Å². The first-order valence-corrected chi connectivity index (χ1v) is 12.2. The number of carbonyl (C=O) groups excluding carboxylic acids is 2. The van der Waals surface area contributed by atoms with Crippen molar-refractivity contribution in [1.82, 2.24) is 9.97 Å². The molecule has 0 aliphatic carbocycles. The summed E-state index contributed by atoms with van der Waals surface area (Å²) in [6, 6.07) is 12.6. The minimum atomic E-state index is -3.90. The lowest BCUT2D eigenvalue weighted by Crippen LogP contribution is -2.28. The molecule has 1 unspecified atom stereocenters. The van der Waals surface area contributed by atoms with Gasteiger partial charge in [-0.15, -0.1) is 0 Å². The summed E-state index contributed by atoms with van der Waals surface area (Å²) in [5.41, 5.74) is 1.67. The summed E-state index contributed by atoms with van der Waals surface area (Å²) in [6.07, 6.45) is 1.52. The van der Waals surface area contributed by atoms with E-state index in [9.17, 15) is 18.0 Å². The van der Waals surface area contributed by atoms with E-state index in [1.807, 2.05) is 0 Å². The molecule has 11 nitrogen and oxygen atoms in total. The highest BCUT2D eigenvalue weighted by molar-refractivity contribution is 7.92. The minimum Gasteiger partial charge on any atom is -0.454 e. The van der Waals surface area contributed by atoms with Crippen molar-refractivity contribution >= 4 is 39.2 Å². The molecule has 2 aliphatic heterocycles. The van der Waals surface area contributed by atoms with Gasteiger partial charge in [0, 0.05) is 42.3 Å². The van der Waals surface area contributed by atoms with E-state index in [1.54, 1.807) is 36.1 Å². The first kappa shape index (κ1) is 22.6. The Kier molecular flexibility index (Phi) is 5.73. The van der Waals surface area contributed by atoms with Crippen LogP contribution in [-0.4, -0.2) is 43.5 Å². The second-order valence-corrected chi connectivity index (χ2v) is 9.77. The number of ether oxygens (including phenoxy) is 2. The van der Waals surface area contributed by atoms with Crippen LogP contribution < -0.4 is 24.4 Å². The van der Waals surface area contributed by atoms with Crippen LogP contribution >= 0.6 is 0 Å². The number of rotatable bonds is 6. The lowest BCUT2D eigenvalue weighted by molar-refractivity contribution is -0.122. The number of hydrogen-bond acceptors (Lipinski definition) is 8. The average Bonchev–Trinajstić information content (AvgIpc) is 3.45. The number of hydrogen-bond donors (Lipinski definition) is 2. The van der Waals surface area contributed by atoms with Gasteiger partial charge in [-0.2, -0.15) is 0 Å². The molecular weight excluding hydrogens is 474 g/mol. The monoisotopic (exact) mass is 495 g/mol. The molecule has 0 radical (unpaired) electrons. The van der Waals surface area contributed by atoms with E-state index < -0.39 is 15.9 Å². The molecule has 3 aromatic rings. The van der Waals surface area contributed by atoms with Gasteiger partial charge in [0.15, 0.2) is 11.5 Å². The largest absolute Gasteiger partial charge is 0.454 e. The second-order valence-electron chi connectivity index (χ2n) is 8.08. The van der Waals surface area contributed by atoms with E-state index >= 15 is 0 Å². The molecule has 180 valence electrons. The van der Waals surface area contributed by atoms with E-state index in [0.717, 1.165) is 0 Å². The zero-order valence-corrected chi connectivity index (χ0v) is 19.4. The van der Waals surface area contributed by atoms with Gasteiger partial charge in [0.1, 0.15) is 0 Å². The number of nitrogens with one attached hydrogen (secondary N) is 2. The predicted octanol–water partition coefficient (Wildman–Crippen LogP) is 2.31. The van der Waals surface area contributed by atoms with Crippen molar-refractivity contribution in [2.45, 2.75) is 18.2 Å². The number of aryl methyl sites for hydroxylation is 1. The Balaban J connectivity index is 1.23. The summed E-state index contributed by atoms with van der Waals surface area (Å²) < 4.78 is 38.2. The van der Waals surface area contributed by atoms with Gasteiger partial charge < -0.3 is 19.7 Å².